The Bertz CT molecular complexity index is 771. The third kappa shape index (κ3) is 3.06. The molecule has 1 aliphatic heterocycles. The van der Waals surface area contributed by atoms with E-state index in [9.17, 15) is 4.79 Å². The van der Waals surface area contributed by atoms with Crippen molar-refractivity contribution in [3.63, 3.8) is 0 Å². The summed E-state index contributed by atoms with van der Waals surface area (Å²) in [5.41, 5.74) is 2.04. The number of aryl methyl sites for hydroxylation is 1. The van der Waals surface area contributed by atoms with E-state index in [0.717, 1.165) is 21.3 Å². The summed E-state index contributed by atoms with van der Waals surface area (Å²) in [7, 11) is 0. The van der Waals surface area contributed by atoms with Gasteiger partial charge < -0.3 is 14.8 Å². The van der Waals surface area contributed by atoms with Crippen molar-refractivity contribution in [1.82, 2.24) is 0 Å². The van der Waals surface area contributed by atoms with Crippen LogP contribution in [0.5, 0.6) is 11.5 Å². The van der Waals surface area contributed by atoms with Crippen molar-refractivity contribution < 1.29 is 14.3 Å². The lowest BCUT2D eigenvalue weighted by atomic mass is 9.83. The maximum absolute atomic E-state index is 12.7. The van der Waals surface area contributed by atoms with Crippen molar-refractivity contribution in [3.8, 4) is 11.5 Å². The van der Waals surface area contributed by atoms with Crippen molar-refractivity contribution in [3.05, 3.63) is 52.0 Å². The summed E-state index contributed by atoms with van der Waals surface area (Å²) >= 11 is 3.46. The third-order valence-corrected chi connectivity index (χ3v) is 4.97. The van der Waals surface area contributed by atoms with Gasteiger partial charge in [0.1, 0.15) is 0 Å². The predicted molar refractivity (Wildman–Crippen MR) is 93.1 cm³/mol. The molecule has 2 aromatic rings. The lowest BCUT2D eigenvalue weighted by molar-refractivity contribution is -0.120. The van der Waals surface area contributed by atoms with Crippen LogP contribution in [0.1, 0.15) is 25.0 Å². The largest absolute Gasteiger partial charge is 0.454 e. The number of rotatable bonds is 3. The summed E-state index contributed by atoms with van der Waals surface area (Å²) in [6.07, 6.45) is 0. The van der Waals surface area contributed by atoms with Gasteiger partial charge in [-0.1, -0.05) is 22.0 Å². The Morgan fingerprint density at radius 1 is 1.13 bits per heavy atom. The highest BCUT2D eigenvalue weighted by Crippen LogP contribution is 2.37. The van der Waals surface area contributed by atoms with Gasteiger partial charge in [0.05, 0.1) is 5.41 Å². The highest BCUT2D eigenvalue weighted by molar-refractivity contribution is 9.10. The molecule has 2 aromatic carbocycles. The molecule has 0 bridgehead atoms. The number of hydrogen-bond acceptors (Lipinski definition) is 3. The van der Waals surface area contributed by atoms with Crippen LogP contribution in [0.3, 0.4) is 0 Å². The maximum atomic E-state index is 12.7. The second kappa shape index (κ2) is 5.89. The summed E-state index contributed by atoms with van der Waals surface area (Å²) in [5, 5.41) is 2.98. The molecule has 0 fully saturated rings. The van der Waals surface area contributed by atoms with E-state index in [1.807, 2.05) is 57.2 Å². The number of carbonyl (C=O) groups excluding carboxylic acids is 1. The van der Waals surface area contributed by atoms with Crippen LogP contribution >= 0.6 is 15.9 Å². The van der Waals surface area contributed by atoms with Gasteiger partial charge in [-0.3, -0.25) is 4.79 Å². The van der Waals surface area contributed by atoms with Crippen LogP contribution in [0.2, 0.25) is 0 Å². The normalized spacial score (nSPS) is 13.0. The minimum atomic E-state index is -0.693. The number of ether oxygens (including phenoxy) is 2. The van der Waals surface area contributed by atoms with Crippen molar-refractivity contribution in [2.24, 2.45) is 0 Å². The first-order chi connectivity index (χ1) is 10.9. The third-order valence-electron chi connectivity index (χ3n) is 4.08. The number of amides is 1. The zero-order valence-electron chi connectivity index (χ0n) is 13.3. The Morgan fingerprint density at radius 2 is 1.87 bits per heavy atom. The Labute approximate surface area is 143 Å². The van der Waals surface area contributed by atoms with Crippen LogP contribution in [0.25, 0.3) is 0 Å². The first kappa shape index (κ1) is 15.9. The molecule has 4 nitrogen and oxygen atoms in total. The Kier molecular flexibility index (Phi) is 4.06. The smallest absolute Gasteiger partial charge is 0.234 e. The van der Waals surface area contributed by atoms with Crippen LogP contribution in [0, 0.1) is 6.92 Å². The van der Waals surface area contributed by atoms with Gasteiger partial charge in [0.15, 0.2) is 11.5 Å². The minimum Gasteiger partial charge on any atom is -0.454 e. The number of carbonyl (C=O) groups is 1. The highest BCUT2D eigenvalue weighted by atomic mass is 79.9. The average molecular weight is 376 g/mol. The lowest BCUT2D eigenvalue weighted by Gasteiger charge is -2.24. The molecular weight excluding hydrogens is 358 g/mol. The first-order valence-electron chi connectivity index (χ1n) is 7.35. The fraction of sp³-hybridized carbons (Fsp3) is 0.278. The molecule has 0 saturated carbocycles. The van der Waals surface area contributed by atoms with E-state index in [0.29, 0.717) is 11.5 Å². The summed E-state index contributed by atoms with van der Waals surface area (Å²) in [4.78, 5) is 12.7. The van der Waals surface area contributed by atoms with E-state index in [2.05, 4.69) is 21.2 Å². The van der Waals surface area contributed by atoms with Gasteiger partial charge in [0, 0.05) is 10.2 Å². The molecule has 0 atom stereocenters. The summed E-state index contributed by atoms with van der Waals surface area (Å²) in [5.74, 6) is 1.33. The number of fused-ring (bicyclic) bond motifs is 1. The zero-order chi connectivity index (χ0) is 16.6. The zero-order valence-corrected chi connectivity index (χ0v) is 14.9. The Hall–Kier alpha value is -2.01. The molecule has 0 saturated heterocycles. The highest BCUT2D eigenvalue weighted by Gasteiger charge is 2.31. The minimum absolute atomic E-state index is 0.0712. The molecule has 0 unspecified atom stereocenters. The van der Waals surface area contributed by atoms with Crippen molar-refractivity contribution >= 4 is 27.5 Å². The standard InChI is InChI=1S/C18H18BrNO3/c1-11-8-13(5-6-14(11)19)20-17(21)18(2,3)12-4-7-15-16(9-12)23-10-22-15/h4-9H,10H2,1-3H3,(H,20,21). The van der Waals surface area contributed by atoms with E-state index >= 15 is 0 Å². The second-order valence-electron chi connectivity index (χ2n) is 6.11. The SMILES string of the molecule is Cc1cc(NC(=O)C(C)(C)c2ccc3c(c2)OCO3)ccc1Br. The molecule has 1 aliphatic rings. The van der Waals surface area contributed by atoms with E-state index in [4.69, 9.17) is 9.47 Å². The van der Waals surface area contributed by atoms with E-state index in [-0.39, 0.29) is 12.7 Å². The lowest BCUT2D eigenvalue weighted by Crippen LogP contribution is -2.34. The molecule has 0 aromatic heterocycles. The number of nitrogens with one attached hydrogen (secondary N) is 1. The van der Waals surface area contributed by atoms with Crippen LogP contribution < -0.4 is 14.8 Å². The van der Waals surface area contributed by atoms with Gasteiger partial charge in [-0.15, -0.1) is 0 Å². The van der Waals surface area contributed by atoms with Gasteiger partial charge in [-0.2, -0.15) is 0 Å². The number of halogens is 1. The fourth-order valence-electron chi connectivity index (χ4n) is 2.43. The van der Waals surface area contributed by atoms with Crippen LogP contribution in [-0.4, -0.2) is 12.7 Å². The van der Waals surface area contributed by atoms with E-state index < -0.39 is 5.41 Å². The molecule has 1 amide bonds. The average Bonchev–Trinajstić information content (AvgIpc) is 2.98. The van der Waals surface area contributed by atoms with Crippen molar-refractivity contribution in [1.29, 1.82) is 0 Å². The molecule has 0 aliphatic carbocycles. The van der Waals surface area contributed by atoms with E-state index in [1.54, 1.807) is 0 Å². The van der Waals surface area contributed by atoms with Crippen molar-refractivity contribution in [2.45, 2.75) is 26.2 Å². The Balaban J connectivity index is 1.83. The first-order valence-corrected chi connectivity index (χ1v) is 8.15. The van der Waals surface area contributed by atoms with Gasteiger partial charge in [0.2, 0.25) is 12.7 Å². The number of anilines is 1. The summed E-state index contributed by atoms with van der Waals surface area (Å²) in [6, 6.07) is 11.4. The van der Waals surface area contributed by atoms with Crippen LogP contribution in [-0.2, 0) is 10.2 Å². The fourth-order valence-corrected chi connectivity index (χ4v) is 2.67. The number of benzene rings is 2. The summed E-state index contributed by atoms with van der Waals surface area (Å²) in [6.45, 7) is 6.00. The molecule has 3 rings (SSSR count). The van der Waals surface area contributed by atoms with Crippen molar-refractivity contribution in [2.75, 3.05) is 12.1 Å². The molecule has 1 N–H and O–H groups in total. The topological polar surface area (TPSA) is 47.6 Å². The van der Waals surface area contributed by atoms with Gasteiger partial charge in [-0.05, 0) is 62.2 Å². The molecular formula is C18H18BrNO3. The quantitative estimate of drug-likeness (QED) is 0.864. The van der Waals surface area contributed by atoms with Crippen LogP contribution in [0.4, 0.5) is 5.69 Å². The Morgan fingerprint density at radius 3 is 2.61 bits per heavy atom. The number of hydrogen-bond donors (Lipinski definition) is 1. The van der Waals surface area contributed by atoms with Gasteiger partial charge in [-0.25, -0.2) is 0 Å². The molecule has 1 heterocycles. The summed E-state index contributed by atoms with van der Waals surface area (Å²) < 4.78 is 11.7. The predicted octanol–water partition coefficient (Wildman–Crippen LogP) is 4.40. The molecule has 23 heavy (non-hydrogen) atoms. The maximum Gasteiger partial charge on any atom is 0.234 e. The van der Waals surface area contributed by atoms with Crippen LogP contribution in [0.15, 0.2) is 40.9 Å². The monoisotopic (exact) mass is 375 g/mol. The van der Waals surface area contributed by atoms with E-state index in [1.165, 1.54) is 0 Å². The molecule has 0 radical (unpaired) electrons. The second-order valence-corrected chi connectivity index (χ2v) is 6.97. The van der Waals surface area contributed by atoms with Gasteiger partial charge >= 0.3 is 0 Å². The molecule has 0 spiro atoms. The molecule has 5 heteroatoms. The molecule has 120 valence electrons. The van der Waals surface area contributed by atoms with Gasteiger partial charge in [0.25, 0.3) is 0 Å².